The number of methoxy groups -OCH3 is 1. The Hall–Kier alpha value is -2.42. The van der Waals surface area contributed by atoms with Gasteiger partial charge in [-0.3, -0.25) is 0 Å². The zero-order chi connectivity index (χ0) is 20.0. The predicted octanol–water partition coefficient (Wildman–Crippen LogP) is 2.91. The molecule has 0 saturated carbocycles. The standard InChI is InChI=1S/C17H28N4O5/c1-16(2,3)25-14(22)19-13(21-10-8-9-18-21)20(11-12-24-7)15(23)26-17(4,5)6/h8-10H,11-12H2,1-7H3. The van der Waals surface area contributed by atoms with Gasteiger partial charge in [0.05, 0.1) is 13.2 Å². The Labute approximate surface area is 153 Å². The Balaban J connectivity index is 3.25. The number of nitrogens with zero attached hydrogens (tertiary/aromatic N) is 4. The molecule has 0 aliphatic rings. The van der Waals surface area contributed by atoms with Gasteiger partial charge in [0.2, 0.25) is 5.96 Å². The molecule has 9 nitrogen and oxygen atoms in total. The molecular formula is C17H28N4O5. The number of carbonyl (C=O) groups excluding carboxylic acids is 2. The van der Waals surface area contributed by atoms with Crippen LogP contribution < -0.4 is 0 Å². The summed E-state index contributed by atoms with van der Waals surface area (Å²) in [6.45, 7) is 10.8. The Morgan fingerprint density at radius 1 is 1.12 bits per heavy atom. The maximum atomic E-state index is 12.6. The second kappa shape index (κ2) is 8.79. The molecule has 0 spiro atoms. The fraction of sp³-hybridized carbons (Fsp3) is 0.647. The lowest BCUT2D eigenvalue weighted by molar-refractivity contribution is 0.0327. The highest BCUT2D eigenvalue weighted by atomic mass is 16.6. The molecule has 0 atom stereocenters. The third-order valence-electron chi connectivity index (χ3n) is 2.67. The van der Waals surface area contributed by atoms with Crippen LogP contribution in [-0.2, 0) is 14.2 Å². The maximum Gasteiger partial charge on any atom is 0.437 e. The number of hydrogen-bond acceptors (Lipinski definition) is 6. The van der Waals surface area contributed by atoms with Crippen LogP contribution in [0, 0.1) is 0 Å². The zero-order valence-electron chi connectivity index (χ0n) is 16.5. The second-order valence-electron chi connectivity index (χ2n) is 7.47. The highest BCUT2D eigenvalue weighted by Crippen LogP contribution is 2.13. The van der Waals surface area contributed by atoms with Gasteiger partial charge < -0.3 is 14.2 Å². The molecule has 0 radical (unpaired) electrons. The molecule has 1 aromatic rings. The highest BCUT2D eigenvalue weighted by Gasteiger charge is 2.28. The third kappa shape index (κ3) is 7.64. The van der Waals surface area contributed by atoms with Crippen LogP contribution in [-0.4, -0.2) is 64.3 Å². The molecule has 0 aliphatic heterocycles. The number of carbonyl (C=O) groups is 2. The fourth-order valence-corrected chi connectivity index (χ4v) is 1.76. The minimum Gasteiger partial charge on any atom is -0.443 e. The van der Waals surface area contributed by atoms with Crippen LogP contribution in [0.4, 0.5) is 9.59 Å². The van der Waals surface area contributed by atoms with Crippen LogP contribution in [0.15, 0.2) is 23.5 Å². The second-order valence-corrected chi connectivity index (χ2v) is 7.47. The number of aromatic nitrogens is 2. The average molecular weight is 368 g/mol. The number of ether oxygens (including phenoxy) is 3. The third-order valence-corrected chi connectivity index (χ3v) is 2.67. The number of hydrogen-bond donors (Lipinski definition) is 0. The Kier molecular flexibility index (Phi) is 7.31. The SMILES string of the molecule is COCCN(C(=O)OC(C)(C)C)C(=NC(=O)OC(C)(C)C)n1cccn1. The summed E-state index contributed by atoms with van der Waals surface area (Å²) in [6, 6.07) is 1.65. The lowest BCUT2D eigenvalue weighted by atomic mass is 10.2. The van der Waals surface area contributed by atoms with E-state index in [0.29, 0.717) is 0 Å². The van der Waals surface area contributed by atoms with Crippen molar-refractivity contribution in [1.29, 1.82) is 0 Å². The van der Waals surface area contributed by atoms with Gasteiger partial charge in [0.15, 0.2) is 0 Å². The normalized spacial score (nSPS) is 12.7. The Morgan fingerprint density at radius 2 is 1.73 bits per heavy atom. The van der Waals surface area contributed by atoms with E-state index in [-0.39, 0.29) is 19.1 Å². The van der Waals surface area contributed by atoms with E-state index < -0.39 is 23.4 Å². The van der Waals surface area contributed by atoms with Gasteiger partial charge in [-0.2, -0.15) is 5.10 Å². The van der Waals surface area contributed by atoms with Crippen molar-refractivity contribution in [2.45, 2.75) is 52.7 Å². The van der Waals surface area contributed by atoms with E-state index in [2.05, 4.69) is 10.1 Å². The molecule has 0 N–H and O–H groups in total. The van der Waals surface area contributed by atoms with Gasteiger partial charge in [-0.25, -0.2) is 19.2 Å². The molecule has 26 heavy (non-hydrogen) atoms. The first-order valence-electron chi connectivity index (χ1n) is 8.24. The molecule has 1 heterocycles. The Bertz CT molecular complexity index is 627. The quantitative estimate of drug-likeness (QED) is 0.601. The van der Waals surface area contributed by atoms with Crippen molar-refractivity contribution >= 4 is 18.1 Å². The molecule has 0 unspecified atom stereocenters. The van der Waals surface area contributed by atoms with Gasteiger partial charge in [0, 0.05) is 19.5 Å². The summed E-state index contributed by atoms with van der Waals surface area (Å²) in [5.41, 5.74) is -1.44. The van der Waals surface area contributed by atoms with Crippen molar-refractivity contribution in [2.24, 2.45) is 4.99 Å². The van der Waals surface area contributed by atoms with Gasteiger partial charge >= 0.3 is 12.2 Å². The van der Waals surface area contributed by atoms with E-state index in [1.165, 1.54) is 22.9 Å². The van der Waals surface area contributed by atoms with Crippen molar-refractivity contribution < 1.29 is 23.8 Å². The van der Waals surface area contributed by atoms with E-state index in [1.54, 1.807) is 53.8 Å². The van der Waals surface area contributed by atoms with Crippen LogP contribution in [0.5, 0.6) is 0 Å². The summed E-state index contributed by atoms with van der Waals surface area (Å²) in [5, 5.41) is 4.06. The lowest BCUT2D eigenvalue weighted by Gasteiger charge is -2.27. The van der Waals surface area contributed by atoms with Gasteiger partial charge in [0.1, 0.15) is 11.2 Å². The van der Waals surface area contributed by atoms with Crippen LogP contribution >= 0.6 is 0 Å². The van der Waals surface area contributed by atoms with Gasteiger partial charge in [-0.1, -0.05) is 0 Å². The molecule has 0 bridgehead atoms. The Morgan fingerprint density at radius 3 is 2.19 bits per heavy atom. The summed E-state index contributed by atoms with van der Waals surface area (Å²) < 4.78 is 17.0. The van der Waals surface area contributed by atoms with Crippen LogP contribution in [0.3, 0.4) is 0 Å². The largest absolute Gasteiger partial charge is 0.443 e. The smallest absolute Gasteiger partial charge is 0.437 e. The van der Waals surface area contributed by atoms with Crippen molar-refractivity contribution in [3.63, 3.8) is 0 Å². The van der Waals surface area contributed by atoms with Gasteiger partial charge in [0.25, 0.3) is 0 Å². The van der Waals surface area contributed by atoms with E-state index in [1.807, 2.05) is 0 Å². The summed E-state index contributed by atoms with van der Waals surface area (Å²) in [4.78, 5) is 30.0. The first-order chi connectivity index (χ1) is 11.9. The van der Waals surface area contributed by atoms with Crippen molar-refractivity contribution in [2.75, 3.05) is 20.3 Å². The molecule has 0 saturated heterocycles. The molecule has 9 heteroatoms. The minimum absolute atomic E-state index is 0.0319. The fourth-order valence-electron chi connectivity index (χ4n) is 1.76. The lowest BCUT2D eigenvalue weighted by Crippen LogP contribution is -2.46. The summed E-state index contributed by atoms with van der Waals surface area (Å²) in [5.74, 6) is -0.0319. The predicted molar refractivity (Wildman–Crippen MR) is 96.1 cm³/mol. The molecule has 1 aromatic heterocycles. The highest BCUT2D eigenvalue weighted by molar-refractivity contribution is 5.99. The minimum atomic E-state index is -0.839. The van der Waals surface area contributed by atoms with Gasteiger partial charge in [-0.15, -0.1) is 4.99 Å². The monoisotopic (exact) mass is 368 g/mol. The van der Waals surface area contributed by atoms with Gasteiger partial charge in [-0.05, 0) is 47.6 Å². The molecule has 0 aliphatic carbocycles. The number of aliphatic imine (C=N–C) groups is 1. The maximum absolute atomic E-state index is 12.6. The molecule has 1 rings (SSSR count). The summed E-state index contributed by atoms with van der Waals surface area (Å²) in [7, 11) is 1.51. The van der Waals surface area contributed by atoms with Crippen molar-refractivity contribution in [3.8, 4) is 0 Å². The number of amides is 2. The van der Waals surface area contributed by atoms with E-state index in [0.717, 1.165) is 0 Å². The number of rotatable bonds is 3. The van der Waals surface area contributed by atoms with E-state index in [4.69, 9.17) is 14.2 Å². The first-order valence-corrected chi connectivity index (χ1v) is 8.24. The van der Waals surface area contributed by atoms with Crippen molar-refractivity contribution in [3.05, 3.63) is 18.5 Å². The van der Waals surface area contributed by atoms with Crippen LogP contribution in [0.1, 0.15) is 41.5 Å². The summed E-state index contributed by atoms with van der Waals surface area (Å²) in [6.07, 6.45) is 1.56. The molecule has 146 valence electrons. The van der Waals surface area contributed by atoms with E-state index >= 15 is 0 Å². The molecule has 2 amide bonds. The average Bonchev–Trinajstić information content (AvgIpc) is 2.96. The van der Waals surface area contributed by atoms with Crippen LogP contribution in [0.25, 0.3) is 0 Å². The molecule has 0 fully saturated rings. The summed E-state index contributed by atoms with van der Waals surface area (Å²) >= 11 is 0. The topological polar surface area (TPSA) is 95.2 Å². The van der Waals surface area contributed by atoms with E-state index in [9.17, 15) is 9.59 Å². The van der Waals surface area contributed by atoms with Crippen molar-refractivity contribution in [1.82, 2.24) is 14.7 Å². The zero-order valence-corrected chi connectivity index (χ0v) is 16.5. The molecule has 0 aromatic carbocycles. The molecular weight excluding hydrogens is 340 g/mol. The first kappa shape index (κ1) is 21.6. The van der Waals surface area contributed by atoms with Crippen LogP contribution in [0.2, 0.25) is 0 Å².